The lowest BCUT2D eigenvalue weighted by Gasteiger charge is -2.17. The zero-order valence-electron chi connectivity index (χ0n) is 18.0. The van der Waals surface area contributed by atoms with Crippen LogP contribution in [0.25, 0.3) is 17.1 Å². The number of amides is 1. The monoisotopic (exact) mass is 439 g/mol. The Balaban J connectivity index is 1.65. The van der Waals surface area contributed by atoms with E-state index in [4.69, 9.17) is 4.98 Å². The number of hydrogen-bond donors (Lipinski definition) is 1. The number of carbonyl (C=O) groups excluding carboxylic acids is 1. The molecule has 0 fully saturated rings. The van der Waals surface area contributed by atoms with E-state index in [0.29, 0.717) is 23.7 Å². The predicted molar refractivity (Wildman–Crippen MR) is 123 cm³/mol. The Labute approximate surface area is 186 Å². The average molecular weight is 440 g/mol. The Kier molecular flexibility index (Phi) is 7.06. The van der Waals surface area contributed by atoms with E-state index in [1.165, 1.54) is 16.4 Å². The maximum Gasteiger partial charge on any atom is 0.284 e. The van der Waals surface area contributed by atoms with Crippen LogP contribution in [0.2, 0.25) is 0 Å². The van der Waals surface area contributed by atoms with Gasteiger partial charge in [-0.05, 0) is 37.8 Å². The second kappa shape index (κ2) is 10.1. The molecule has 1 aromatic rings. The molecule has 0 atom stereocenters. The van der Waals surface area contributed by atoms with Crippen LogP contribution in [0.1, 0.15) is 51.1 Å². The van der Waals surface area contributed by atoms with E-state index in [1.807, 2.05) is 30.3 Å². The SMILES string of the molecule is CCCCCNC(=O)CSc1nc2nn(-c3ccccc3)c(=O)c-2c2n1CCCCC2. The molecule has 7 nitrogen and oxygen atoms in total. The number of nitrogens with one attached hydrogen (secondary N) is 1. The van der Waals surface area contributed by atoms with Crippen molar-refractivity contribution in [2.24, 2.45) is 0 Å². The predicted octanol–water partition coefficient (Wildman–Crippen LogP) is 3.66. The average Bonchev–Trinajstić information content (AvgIpc) is 2.96. The fourth-order valence-electron chi connectivity index (χ4n) is 3.99. The van der Waals surface area contributed by atoms with Gasteiger partial charge in [0.05, 0.1) is 11.4 Å². The topological polar surface area (TPSA) is 81.8 Å². The van der Waals surface area contributed by atoms with Crippen LogP contribution in [0.3, 0.4) is 0 Å². The minimum atomic E-state index is -0.121. The first kappa shape index (κ1) is 21.6. The van der Waals surface area contributed by atoms with Crippen molar-refractivity contribution in [2.75, 3.05) is 12.3 Å². The van der Waals surface area contributed by atoms with Crippen molar-refractivity contribution in [3.05, 3.63) is 46.4 Å². The molecular weight excluding hydrogens is 410 g/mol. The molecule has 4 rings (SSSR count). The fourth-order valence-corrected chi connectivity index (χ4v) is 4.86. The molecule has 3 aliphatic heterocycles. The minimum absolute atomic E-state index is 0.0188. The molecule has 0 radical (unpaired) electrons. The Morgan fingerprint density at radius 2 is 2.00 bits per heavy atom. The first-order valence-corrected chi connectivity index (χ1v) is 12.1. The van der Waals surface area contributed by atoms with Crippen molar-refractivity contribution < 1.29 is 4.79 Å². The van der Waals surface area contributed by atoms with Crippen molar-refractivity contribution in [1.29, 1.82) is 0 Å². The largest absolute Gasteiger partial charge is 0.355 e. The molecule has 0 bridgehead atoms. The minimum Gasteiger partial charge on any atom is -0.355 e. The van der Waals surface area contributed by atoms with Crippen molar-refractivity contribution in [3.8, 4) is 17.1 Å². The van der Waals surface area contributed by atoms with Gasteiger partial charge in [0.25, 0.3) is 5.56 Å². The number of thioether (sulfide) groups is 1. The van der Waals surface area contributed by atoms with Gasteiger partial charge in [0.15, 0.2) is 11.0 Å². The number of para-hydroxylation sites is 1. The molecule has 0 saturated carbocycles. The number of rotatable bonds is 8. The number of unbranched alkanes of at least 4 members (excludes halogenated alkanes) is 2. The summed E-state index contributed by atoms with van der Waals surface area (Å²) in [5.41, 5.74) is 2.22. The van der Waals surface area contributed by atoms with E-state index in [-0.39, 0.29) is 11.5 Å². The highest BCUT2D eigenvalue weighted by molar-refractivity contribution is 7.99. The molecule has 164 valence electrons. The summed E-state index contributed by atoms with van der Waals surface area (Å²) in [6, 6.07) is 9.45. The van der Waals surface area contributed by atoms with Crippen molar-refractivity contribution in [1.82, 2.24) is 24.6 Å². The fraction of sp³-hybridized carbons (Fsp3) is 0.478. The summed E-state index contributed by atoms with van der Waals surface area (Å²) in [5.74, 6) is 0.798. The third-order valence-corrected chi connectivity index (χ3v) is 6.58. The van der Waals surface area contributed by atoms with E-state index >= 15 is 0 Å². The second-order valence-electron chi connectivity index (χ2n) is 7.90. The van der Waals surface area contributed by atoms with Gasteiger partial charge in [-0.2, -0.15) is 4.68 Å². The molecule has 1 amide bonds. The van der Waals surface area contributed by atoms with Crippen LogP contribution in [0.4, 0.5) is 0 Å². The maximum atomic E-state index is 13.2. The molecule has 0 aliphatic carbocycles. The molecule has 3 aliphatic rings. The molecule has 31 heavy (non-hydrogen) atoms. The van der Waals surface area contributed by atoms with Crippen LogP contribution in [0.5, 0.6) is 0 Å². The Bertz CT molecular complexity index is 1060. The van der Waals surface area contributed by atoms with Crippen molar-refractivity contribution in [3.63, 3.8) is 0 Å². The molecule has 0 aromatic heterocycles. The summed E-state index contributed by atoms with van der Waals surface area (Å²) in [5, 5.41) is 8.30. The van der Waals surface area contributed by atoms with E-state index in [0.717, 1.165) is 68.0 Å². The van der Waals surface area contributed by atoms with Gasteiger partial charge >= 0.3 is 0 Å². The normalized spacial score (nSPS) is 13.7. The lowest BCUT2D eigenvalue weighted by molar-refractivity contribution is -0.118. The molecule has 1 aromatic carbocycles. The van der Waals surface area contributed by atoms with Crippen LogP contribution in [-0.2, 0) is 17.8 Å². The van der Waals surface area contributed by atoms with E-state index in [2.05, 4.69) is 21.9 Å². The van der Waals surface area contributed by atoms with Gasteiger partial charge in [-0.15, -0.1) is 5.10 Å². The third-order valence-electron chi connectivity index (χ3n) is 5.60. The van der Waals surface area contributed by atoms with E-state index in [9.17, 15) is 9.59 Å². The van der Waals surface area contributed by atoms with Crippen LogP contribution in [0, 0.1) is 0 Å². The zero-order chi connectivity index (χ0) is 21.6. The molecule has 0 spiro atoms. The quantitative estimate of drug-likeness (QED) is 0.329. The molecule has 3 heterocycles. The highest BCUT2D eigenvalue weighted by Gasteiger charge is 2.27. The van der Waals surface area contributed by atoms with Gasteiger partial charge in [-0.1, -0.05) is 56.1 Å². The van der Waals surface area contributed by atoms with Crippen LogP contribution >= 0.6 is 11.8 Å². The summed E-state index contributed by atoms with van der Waals surface area (Å²) in [4.78, 5) is 30.3. The molecule has 1 N–H and O–H groups in total. The molecule has 0 unspecified atom stereocenters. The number of hydrogen-bond acceptors (Lipinski definition) is 5. The van der Waals surface area contributed by atoms with Crippen LogP contribution in [0.15, 0.2) is 40.3 Å². The molecular formula is C23H29N5O2S. The standard InChI is InChI=1S/C23H29N5O2S/c1-2-3-9-14-24-19(29)16-31-23-25-21-20(18-13-8-5-10-15-27(18)23)22(30)28(26-21)17-11-6-4-7-12-17/h4,6-7,11-12H,2-3,5,8-10,13-16H2,1H3,(H,24,29). The summed E-state index contributed by atoms with van der Waals surface area (Å²) in [6.07, 6.45) is 7.28. The zero-order valence-corrected chi connectivity index (χ0v) is 18.8. The Morgan fingerprint density at radius 1 is 1.16 bits per heavy atom. The molecule has 0 saturated heterocycles. The lowest BCUT2D eigenvalue weighted by Crippen LogP contribution is -2.26. The second-order valence-corrected chi connectivity index (χ2v) is 8.84. The summed E-state index contributed by atoms with van der Waals surface area (Å²) in [7, 11) is 0. The van der Waals surface area contributed by atoms with Gasteiger partial charge in [-0.25, -0.2) is 4.98 Å². The van der Waals surface area contributed by atoms with Gasteiger partial charge in [-0.3, -0.25) is 9.59 Å². The van der Waals surface area contributed by atoms with E-state index in [1.54, 1.807) is 0 Å². The third kappa shape index (κ3) is 4.84. The van der Waals surface area contributed by atoms with Crippen molar-refractivity contribution in [2.45, 2.75) is 63.6 Å². The first-order valence-electron chi connectivity index (χ1n) is 11.2. The number of carbonyl (C=O) groups is 1. The summed E-state index contributed by atoms with van der Waals surface area (Å²) in [6.45, 7) is 3.68. The summed E-state index contributed by atoms with van der Waals surface area (Å²) < 4.78 is 3.58. The number of benzene rings is 1. The van der Waals surface area contributed by atoms with E-state index < -0.39 is 0 Å². The van der Waals surface area contributed by atoms with Gasteiger partial charge < -0.3 is 9.88 Å². The Hall–Kier alpha value is -2.61. The summed E-state index contributed by atoms with van der Waals surface area (Å²) >= 11 is 1.43. The number of fused-ring (bicyclic) bond motifs is 3. The van der Waals surface area contributed by atoms with Gasteiger partial charge in [0.1, 0.15) is 5.56 Å². The molecule has 8 heteroatoms. The number of nitrogens with zero attached hydrogens (tertiary/aromatic N) is 4. The van der Waals surface area contributed by atoms with Gasteiger partial charge in [0.2, 0.25) is 5.91 Å². The Morgan fingerprint density at radius 3 is 2.81 bits per heavy atom. The highest BCUT2D eigenvalue weighted by atomic mass is 32.2. The lowest BCUT2D eigenvalue weighted by atomic mass is 10.1. The number of aromatic nitrogens is 4. The smallest absolute Gasteiger partial charge is 0.284 e. The van der Waals surface area contributed by atoms with Crippen LogP contribution in [-0.4, -0.2) is 37.5 Å². The van der Waals surface area contributed by atoms with Crippen LogP contribution < -0.4 is 10.9 Å². The first-order chi connectivity index (χ1) is 15.2. The van der Waals surface area contributed by atoms with Gasteiger partial charge in [0, 0.05) is 18.8 Å². The highest BCUT2D eigenvalue weighted by Crippen LogP contribution is 2.30. The van der Waals surface area contributed by atoms with Crippen molar-refractivity contribution >= 4 is 17.7 Å². The maximum absolute atomic E-state index is 13.2.